The zero-order valence-corrected chi connectivity index (χ0v) is 34.0. The number of unbranched alkanes of at least 4 members (excludes halogenated alkanes) is 25. The number of rotatable bonds is 39. The smallest absolute Gasteiger partial charge is 0.458 e. The Morgan fingerprint density at radius 1 is 0.596 bits per heavy atom. The molecule has 0 saturated heterocycles. The van der Waals surface area contributed by atoms with Crippen molar-refractivity contribution in [3.8, 4) is 0 Å². The Balaban J connectivity index is 4.41. The lowest BCUT2D eigenvalue weighted by Gasteiger charge is -2.26. The third kappa shape index (κ3) is 36.5. The van der Waals surface area contributed by atoms with E-state index < -0.39 is 38.6 Å². The summed E-state index contributed by atoms with van der Waals surface area (Å²) >= 11 is 0. The second-order valence-corrected chi connectivity index (χ2v) is 15.5. The Hall–Kier alpha value is -1.90. The molecule has 0 aromatic carbocycles. The molecule has 0 aliphatic rings. The normalized spacial score (nSPS) is 12.8. The number of esters is 2. The van der Waals surface area contributed by atoms with Crippen LogP contribution in [0.3, 0.4) is 0 Å². The highest BCUT2D eigenvalue weighted by Gasteiger charge is 2.31. The van der Waals surface area contributed by atoms with Gasteiger partial charge in [-0.25, -0.2) is 4.57 Å². The molecule has 0 aromatic heterocycles. The summed E-state index contributed by atoms with van der Waals surface area (Å²) in [4.78, 5) is 46.6. The lowest BCUT2D eigenvalue weighted by atomic mass is 10.0. The quantitative estimate of drug-likeness (QED) is 0.0119. The highest BCUT2D eigenvalue weighted by atomic mass is 31.2. The molecule has 0 bridgehead atoms. The first-order valence-corrected chi connectivity index (χ1v) is 22.5. The van der Waals surface area contributed by atoms with Gasteiger partial charge < -0.3 is 19.3 Å². The van der Waals surface area contributed by atoms with Crippen molar-refractivity contribution >= 4 is 19.8 Å². The summed E-state index contributed by atoms with van der Waals surface area (Å²) in [6.07, 6.45) is 35.0. The maximum atomic E-state index is 12.7. The van der Waals surface area contributed by atoms with Gasteiger partial charge in [0.05, 0.1) is 13.2 Å². The average Bonchev–Trinajstić information content (AvgIpc) is 3.11. The van der Waals surface area contributed by atoms with Gasteiger partial charge in [0.1, 0.15) is 6.10 Å². The molecule has 0 aliphatic heterocycles. The molecule has 0 aliphatic carbocycles. The van der Waals surface area contributed by atoms with Gasteiger partial charge >= 0.3 is 19.8 Å². The molecule has 0 fully saturated rings. The van der Waals surface area contributed by atoms with Crippen LogP contribution in [0, 0.1) is 0 Å². The van der Waals surface area contributed by atoms with Gasteiger partial charge in [-0.2, -0.15) is 0 Å². The summed E-state index contributed by atoms with van der Waals surface area (Å²) in [6, 6.07) is 0. The molecule has 0 aromatic rings. The number of hydrogen-bond donors (Lipinski definition) is 2. The van der Waals surface area contributed by atoms with E-state index in [4.69, 9.17) is 15.0 Å². The van der Waals surface area contributed by atoms with E-state index in [0.29, 0.717) is 12.8 Å². The second-order valence-electron chi connectivity index (χ2n) is 14.3. The zero-order chi connectivity index (χ0) is 38.4. The molecule has 52 heavy (non-hydrogen) atoms. The van der Waals surface area contributed by atoms with Crippen molar-refractivity contribution in [2.24, 2.45) is 5.11 Å². The summed E-state index contributed by atoms with van der Waals surface area (Å²) in [5.41, 5.74) is 8.88. The van der Waals surface area contributed by atoms with Gasteiger partial charge in [-0.05, 0) is 44.1 Å². The number of carbonyl (C=O) groups excluding carboxylic acids is 2. The van der Waals surface area contributed by atoms with Crippen molar-refractivity contribution in [2.45, 2.75) is 219 Å². The first-order chi connectivity index (χ1) is 25.2. The number of phosphoric ester groups is 1. The van der Waals surface area contributed by atoms with Gasteiger partial charge in [-0.3, -0.25) is 14.1 Å². The molecule has 0 heterocycles. The molecule has 2 unspecified atom stereocenters. The highest BCUT2D eigenvalue weighted by Crippen LogP contribution is 2.36. The van der Waals surface area contributed by atoms with Crippen molar-refractivity contribution in [2.75, 3.05) is 13.2 Å². The van der Waals surface area contributed by atoms with Crippen LogP contribution >= 0.6 is 7.82 Å². The first kappa shape index (κ1) is 50.1. The standard InChI is InChI=1S/C40H76N3O8P/c1-3-5-7-9-11-13-15-17-19-21-23-25-27-29-31-33-39(44)50-37(35-42-43-41)38(36-49-52(46,47)48)51-40(45)34-32-30-28-26-24-22-20-18-16-14-12-10-8-6-4-2/h18,20,37-38H,3-17,19,21-36H2,1-2H3,(H2,46,47,48)/b20-18-. The van der Waals surface area contributed by atoms with E-state index in [-0.39, 0.29) is 19.4 Å². The Labute approximate surface area is 316 Å². The maximum absolute atomic E-state index is 12.7. The molecule has 11 nitrogen and oxygen atoms in total. The van der Waals surface area contributed by atoms with E-state index in [0.717, 1.165) is 57.8 Å². The number of allylic oxidation sites excluding steroid dienone is 2. The van der Waals surface area contributed by atoms with E-state index in [2.05, 4.69) is 40.5 Å². The summed E-state index contributed by atoms with van der Waals surface area (Å²) in [6.45, 7) is 3.41. The molecule has 0 amide bonds. The lowest BCUT2D eigenvalue weighted by Crippen LogP contribution is -2.40. The largest absolute Gasteiger partial charge is 0.469 e. The van der Waals surface area contributed by atoms with Gasteiger partial charge in [0, 0.05) is 17.8 Å². The van der Waals surface area contributed by atoms with Crippen molar-refractivity contribution in [3.63, 3.8) is 0 Å². The molecule has 2 atom stereocenters. The maximum Gasteiger partial charge on any atom is 0.469 e. The monoisotopic (exact) mass is 758 g/mol. The predicted molar refractivity (Wildman–Crippen MR) is 211 cm³/mol. The molecule has 0 radical (unpaired) electrons. The summed E-state index contributed by atoms with van der Waals surface area (Å²) < 4.78 is 27.0. The number of phosphoric acid groups is 1. The number of ether oxygens (including phenoxy) is 2. The minimum atomic E-state index is -4.90. The van der Waals surface area contributed by atoms with Gasteiger partial charge in [0.2, 0.25) is 0 Å². The van der Waals surface area contributed by atoms with Crippen LogP contribution in [-0.2, 0) is 28.2 Å². The van der Waals surface area contributed by atoms with E-state index in [9.17, 15) is 23.9 Å². The molecule has 2 N–H and O–H groups in total. The number of azide groups is 1. The van der Waals surface area contributed by atoms with Gasteiger partial charge in [-0.15, -0.1) is 0 Å². The Morgan fingerprint density at radius 3 is 1.31 bits per heavy atom. The van der Waals surface area contributed by atoms with Crippen LogP contribution in [0.1, 0.15) is 206 Å². The summed E-state index contributed by atoms with van der Waals surface area (Å²) in [5, 5.41) is 3.48. The first-order valence-electron chi connectivity index (χ1n) is 21.0. The Bertz CT molecular complexity index is 970. The van der Waals surface area contributed by atoms with Gasteiger partial charge in [-0.1, -0.05) is 172 Å². The Morgan fingerprint density at radius 2 is 0.942 bits per heavy atom. The summed E-state index contributed by atoms with van der Waals surface area (Å²) in [7, 11) is -4.90. The zero-order valence-electron chi connectivity index (χ0n) is 33.1. The second kappa shape index (κ2) is 37.4. The molecule has 0 saturated carbocycles. The molecule has 0 rings (SSSR count). The molecule has 304 valence electrons. The number of carbonyl (C=O) groups is 2. The number of nitrogens with zero attached hydrogens (tertiary/aromatic N) is 3. The van der Waals surface area contributed by atoms with E-state index in [1.807, 2.05) is 0 Å². The third-order valence-corrected chi connectivity index (χ3v) is 9.82. The Kier molecular flexibility index (Phi) is 36.0. The van der Waals surface area contributed by atoms with Crippen LogP contribution in [0.2, 0.25) is 0 Å². The number of hydrogen-bond acceptors (Lipinski definition) is 7. The molecule has 12 heteroatoms. The highest BCUT2D eigenvalue weighted by molar-refractivity contribution is 7.46. The van der Waals surface area contributed by atoms with Crippen LogP contribution < -0.4 is 0 Å². The van der Waals surface area contributed by atoms with E-state index in [1.165, 1.54) is 109 Å². The van der Waals surface area contributed by atoms with Crippen LogP contribution in [-0.4, -0.2) is 47.1 Å². The van der Waals surface area contributed by atoms with Crippen LogP contribution in [0.15, 0.2) is 17.3 Å². The lowest BCUT2D eigenvalue weighted by molar-refractivity contribution is -0.170. The van der Waals surface area contributed by atoms with Crippen LogP contribution in [0.25, 0.3) is 10.4 Å². The minimum Gasteiger partial charge on any atom is -0.458 e. The fraction of sp³-hybridized carbons (Fsp3) is 0.900. The third-order valence-electron chi connectivity index (χ3n) is 9.34. The van der Waals surface area contributed by atoms with Crippen molar-refractivity contribution < 1.29 is 37.9 Å². The van der Waals surface area contributed by atoms with Crippen molar-refractivity contribution in [3.05, 3.63) is 22.6 Å². The van der Waals surface area contributed by atoms with Crippen LogP contribution in [0.4, 0.5) is 0 Å². The molecular formula is C40H76N3O8P. The van der Waals surface area contributed by atoms with E-state index in [1.54, 1.807) is 0 Å². The molecular weight excluding hydrogens is 681 g/mol. The summed E-state index contributed by atoms with van der Waals surface area (Å²) in [5.74, 6) is -1.15. The van der Waals surface area contributed by atoms with Gasteiger partial charge in [0.25, 0.3) is 0 Å². The van der Waals surface area contributed by atoms with Crippen molar-refractivity contribution in [1.82, 2.24) is 0 Å². The van der Waals surface area contributed by atoms with Crippen molar-refractivity contribution in [1.29, 1.82) is 0 Å². The van der Waals surface area contributed by atoms with Gasteiger partial charge in [0.15, 0.2) is 6.10 Å². The van der Waals surface area contributed by atoms with E-state index >= 15 is 0 Å². The van der Waals surface area contributed by atoms with Crippen LogP contribution in [0.5, 0.6) is 0 Å². The average molecular weight is 758 g/mol. The molecule has 0 spiro atoms. The fourth-order valence-electron chi connectivity index (χ4n) is 6.17. The predicted octanol–water partition coefficient (Wildman–Crippen LogP) is 12.5. The minimum absolute atomic E-state index is 0.103. The SMILES string of the molecule is CCCCCCCC/C=C\CCCCCCCC(=O)OC(COP(=O)(O)O)C(CN=[N+]=[N-])OC(=O)CCCCCCCCCCCCCCCCC. The topological polar surface area (TPSA) is 168 Å². The fourth-order valence-corrected chi connectivity index (χ4v) is 6.51.